The van der Waals surface area contributed by atoms with E-state index in [4.69, 9.17) is 4.52 Å². The first kappa shape index (κ1) is 16.3. The summed E-state index contributed by atoms with van der Waals surface area (Å²) in [5.74, 6) is 2.88. The number of nitrogens with zero attached hydrogens (tertiary/aromatic N) is 5. The fraction of sp³-hybridized carbons (Fsp3) is 0.647. The molecule has 4 rings (SSSR count). The summed E-state index contributed by atoms with van der Waals surface area (Å²) in [4.78, 5) is 28.3. The highest BCUT2D eigenvalue weighted by Gasteiger charge is 2.27. The maximum absolute atomic E-state index is 11.9. The van der Waals surface area contributed by atoms with E-state index in [1.54, 1.807) is 6.07 Å². The Kier molecular flexibility index (Phi) is 4.29. The highest BCUT2D eigenvalue weighted by atomic mass is 16.5. The van der Waals surface area contributed by atoms with Gasteiger partial charge in [0.1, 0.15) is 0 Å². The second-order valence-electron chi connectivity index (χ2n) is 7.23. The van der Waals surface area contributed by atoms with Crippen molar-refractivity contribution in [1.29, 1.82) is 0 Å². The van der Waals surface area contributed by atoms with Gasteiger partial charge in [-0.25, -0.2) is 4.98 Å². The number of aromatic nitrogens is 4. The number of anilines is 1. The summed E-state index contributed by atoms with van der Waals surface area (Å²) in [6, 6.07) is 1.64. The van der Waals surface area contributed by atoms with Crippen LogP contribution in [0.4, 0.5) is 5.95 Å². The Morgan fingerprint density at radius 1 is 1.24 bits per heavy atom. The second-order valence-corrected chi connectivity index (χ2v) is 7.23. The molecule has 1 N–H and O–H groups in total. The molecule has 2 aliphatic rings. The van der Waals surface area contributed by atoms with E-state index >= 15 is 0 Å². The highest BCUT2D eigenvalue weighted by molar-refractivity contribution is 5.32. The maximum atomic E-state index is 11.9. The molecule has 3 heterocycles. The third kappa shape index (κ3) is 3.73. The van der Waals surface area contributed by atoms with Gasteiger partial charge in [-0.05, 0) is 12.8 Å². The minimum absolute atomic E-state index is 0.0543. The Morgan fingerprint density at radius 2 is 2.00 bits per heavy atom. The fourth-order valence-corrected chi connectivity index (χ4v) is 3.08. The molecule has 0 atom stereocenters. The predicted molar refractivity (Wildman–Crippen MR) is 92.7 cm³/mol. The maximum Gasteiger partial charge on any atom is 0.252 e. The number of nitrogens with one attached hydrogen (secondary N) is 1. The number of rotatable bonds is 5. The first-order valence-corrected chi connectivity index (χ1v) is 8.99. The third-order valence-electron chi connectivity index (χ3n) is 4.78. The number of piperazine rings is 1. The van der Waals surface area contributed by atoms with Gasteiger partial charge in [-0.15, -0.1) is 0 Å². The molecule has 0 aromatic carbocycles. The minimum atomic E-state index is -0.0543. The molecule has 1 saturated carbocycles. The van der Waals surface area contributed by atoms with Gasteiger partial charge in [-0.1, -0.05) is 19.0 Å². The van der Waals surface area contributed by atoms with Crippen LogP contribution in [0.3, 0.4) is 0 Å². The van der Waals surface area contributed by atoms with Crippen molar-refractivity contribution in [2.24, 2.45) is 0 Å². The van der Waals surface area contributed by atoms with E-state index in [1.165, 1.54) is 0 Å². The van der Waals surface area contributed by atoms with Gasteiger partial charge in [0, 0.05) is 44.1 Å². The first-order chi connectivity index (χ1) is 12.1. The number of hydrogen-bond acceptors (Lipinski definition) is 7. The monoisotopic (exact) mass is 344 g/mol. The van der Waals surface area contributed by atoms with E-state index in [1.807, 2.05) is 0 Å². The minimum Gasteiger partial charge on any atom is -0.340 e. The number of aromatic amines is 1. The average Bonchev–Trinajstić information content (AvgIpc) is 3.34. The van der Waals surface area contributed by atoms with E-state index in [0.717, 1.165) is 50.5 Å². The van der Waals surface area contributed by atoms with Crippen molar-refractivity contribution >= 4 is 5.95 Å². The van der Waals surface area contributed by atoms with E-state index in [0.29, 0.717) is 24.3 Å². The first-order valence-electron chi connectivity index (χ1n) is 8.99. The van der Waals surface area contributed by atoms with Crippen LogP contribution in [0, 0.1) is 0 Å². The number of H-pyrrole nitrogens is 1. The molecule has 1 saturated heterocycles. The Bertz CT molecular complexity index is 786. The molecule has 8 heteroatoms. The van der Waals surface area contributed by atoms with Crippen LogP contribution in [-0.2, 0) is 6.54 Å². The lowest BCUT2D eigenvalue weighted by atomic mass is 10.2. The second kappa shape index (κ2) is 6.59. The van der Waals surface area contributed by atoms with Crippen molar-refractivity contribution in [3.63, 3.8) is 0 Å². The van der Waals surface area contributed by atoms with Gasteiger partial charge in [0.2, 0.25) is 11.8 Å². The lowest BCUT2D eigenvalue weighted by Gasteiger charge is -2.34. The van der Waals surface area contributed by atoms with Crippen LogP contribution in [0.5, 0.6) is 0 Å². The molecule has 2 aromatic rings. The van der Waals surface area contributed by atoms with Crippen LogP contribution >= 0.6 is 0 Å². The summed E-state index contributed by atoms with van der Waals surface area (Å²) >= 11 is 0. The van der Waals surface area contributed by atoms with Crippen molar-refractivity contribution in [3.05, 3.63) is 33.8 Å². The summed E-state index contributed by atoms with van der Waals surface area (Å²) in [5.41, 5.74) is 0.884. The topological polar surface area (TPSA) is 91.2 Å². The van der Waals surface area contributed by atoms with Crippen LogP contribution in [-0.4, -0.2) is 51.2 Å². The molecule has 25 heavy (non-hydrogen) atoms. The molecule has 0 spiro atoms. The van der Waals surface area contributed by atoms with Gasteiger partial charge in [-0.2, -0.15) is 4.98 Å². The van der Waals surface area contributed by atoms with Crippen molar-refractivity contribution in [1.82, 2.24) is 25.0 Å². The number of hydrogen-bond donors (Lipinski definition) is 1. The Balaban J connectivity index is 1.37. The van der Waals surface area contributed by atoms with Crippen LogP contribution in [0.15, 0.2) is 15.4 Å². The van der Waals surface area contributed by atoms with Crippen molar-refractivity contribution in [2.75, 3.05) is 31.1 Å². The average molecular weight is 344 g/mol. The van der Waals surface area contributed by atoms with Gasteiger partial charge in [0.25, 0.3) is 5.56 Å². The largest absolute Gasteiger partial charge is 0.340 e. The molecule has 1 aliphatic heterocycles. The summed E-state index contributed by atoms with van der Waals surface area (Å²) in [6.45, 7) is 8.16. The van der Waals surface area contributed by atoms with E-state index in [2.05, 4.69) is 43.8 Å². The Hall–Kier alpha value is -2.22. The standard InChI is InChI=1S/C17H24N6O2/c1-11(2)16-20-15(25-21-16)10-22-5-7-23(8-6-22)17-18-13(12-3-4-12)9-14(24)19-17/h9,11-12H,3-8,10H2,1-2H3,(H,18,19,24). The molecule has 2 fully saturated rings. The summed E-state index contributed by atoms with van der Waals surface area (Å²) in [5, 5.41) is 4.01. The van der Waals surface area contributed by atoms with Crippen molar-refractivity contribution in [2.45, 2.75) is 45.1 Å². The molecule has 134 valence electrons. The molecule has 2 aromatic heterocycles. The van der Waals surface area contributed by atoms with Crippen LogP contribution < -0.4 is 10.5 Å². The van der Waals surface area contributed by atoms with E-state index in [-0.39, 0.29) is 11.5 Å². The molecule has 0 unspecified atom stereocenters. The summed E-state index contributed by atoms with van der Waals surface area (Å²) in [6.07, 6.45) is 2.29. The molecule has 0 amide bonds. The zero-order chi connectivity index (χ0) is 17.4. The lowest BCUT2D eigenvalue weighted by Crippen LogP contribution is -2.47. The molecule has 0 radical (unpaired) electrons. The highest BCUT2D eigenvalue weighted by Crippen LogP contribution is 2.38. The molecule has 0 bridgehead atoms. The Morgan fingerprint density at radius 3 is 2.64 bits per heavy atom. The van der Waals surface area contributed by atoms with Gasteiger partial charge >= 0.3 is 0 Å². The lowest BCUT2D eigenvalue weighted by molar-refractivity contribution is 0.214. The third-order valence-corrected chi connectivity index (χ3v) is 4.78. The molecule has 1 aliphatic carbocycles. The zero-order valence-electron chi connectivity index (χ0n) is 14.7. The van der Waals surface area contributed by atoms with Crippen LogP contribution in [0.25, 0.3) is 0 Å². The fourth-order valence-electron chi connectivity index (χ4n) is 3.08. The molecular weight excluding hydrogens is 320 g/mol. The quantitative estimate of drug-likeness (QED) is 0.878. The smallest absolute Gasteiger partial charge is 0.252 e. The van der Waals surface area contributed by atoms with Gasteiger partial charge in [0.05, 0.1) is 12.2 Å². The SMILES string of the molecule is CC(C)c1noc(CN2CCN(c3nc(C4CC4)cc(=O)[nH]3)CC2)n1. The predicted octanol–water partition coefficient (Wildman–Crippen LogP) is 1.48. The van der Waals surface area contributed by atoms with E-state index < -0.39 is 0 Å². The summed E-state index contributed by atoms with van der Waals surface area (Å²) in [7, 11) is 0. The molecule has 8 nitrogen and oxygen atoms in total. The van der Waals surface area contributed by atoms with Crippen molar-refractivity contribution in [3.8, 4) is 0 Å². The van der Waals surface area contributed by atoms with Gasteiger partial charge in [-0.3, -0.25) is 14.7 Å². The molecular formula is C17H24N6O2. The van der Waals surface area contributed by atoms with E-state index in [9.17, 15) is 4.79 Å². The summed E-state index contributed by atoms with van der Waals surface area (Å²) < 4.78 is 5.33. The zero-order valence-corrected chi connectivity index (χ0v) is 14.7. The Labute approximate surface area is 146 Å². The van der Waals surface area contributed by atoms with Crippen LogP contribution in [0.1, 0.15) is 55.9 Å². The normalized spacial score (nSPS) is 18.9. The van der Waals surface area contributed by atoms with Gasteiger partial charge in [0.15, 0.2) is 5.82 Å². The van der Waals surface area contributed by atoms with Crippen molar-refractivity contribution < 1.29 is 4.52 Å². The van der Waals surface area contributed by atoms with Crippen LogP contribution in [0.2, 0.25) is 0 Å². The van der Waals surface area contributed by atoms with Gasteiger partial charge < -0.3 is 9.42 Å².